The molecule has 0 amide bonds. The van der Waals surface area contributed by atoms with Gasteiger partial charge in [-0.2, -0.15) is 8.42 Å². The van der Waals surface area contributed by atoms with Gasteiger partial charge in [-0.3, -0.25) is 0 Å². The van der Waals surface area contributed by atoms with Crippen molar-refractivity contribution in [3.05, 3.63) is 70.1 Å². The molecule has 0 radical (unpaired) electrons. The highest BCUT2D eigenvalue weighted by Crippen LogP contribution is 2.40. The zero-order valence-corrected chi connectivity index (χ0v) is 20.1. The molecule has 2 aromatic carbocycles. The first-order valence-electron chi connectivity index (χ1n) is 10.8. The van der Waals surface area contributed by atoms with Crippen LogP contribution in [0.15, 0.2) is 62.6 Å². The van der Waals surface area contributed by atoms with Gasteiger partial charge in [0.2, 0.25) is 0 Å². The number of hydrogen-bond acceptors (Lipinski definition) is 10. The monoisotopic (exact) mass is 506 g/mol. The molecule has 0 bridgehead atoms. The van der Waals surface area contributed by atoms with E-state index in [1.807, 2.05) is 6.92 Å². The van der Waals surface area contributed by atoms with Crippen LogP contribution >= 0.6 is 0 Å². The van der Waals surface area contributed by atoms with E-state index in [9.17, 15) is 28.5 Å². The van der Waals surface area contributed by atoms with Gasteiger partial charge in [0.25, 0.3) is 0 Å². The standard InChI is InChI=1S/C24H26O10S/c1-13-4-7-15(8-5-13)35(29,30)34-18-11-19(26)32-17-10-14(6-9-16(17)18)22-20(27)21(28)23(31-3)24(2,12-25)33-22/h4-11,20-23,25,27-28H,12H2,1-3H3/t20-,21-,22+,23-,24-/m1/s1. The van der Waals surface area contributed by atoms with Gasteiger partial charge in [0.15, 0.2) is 5.75 Å². The topological polar surface area (TPSA) is 153 Å². The third-order valence-electron chi connectivity index (χ3n) is 6.10. The number of methoxy groups -OCH3 is 1. The van der Waals surface area contributed by atoms with E-state index in [-0.39, 0.29) is 21.6 Å². The maximum absolute atomic E-state index is 12.8. The molecule has 2 heterocycles. The molecule has 0 unspecified atom stereocenters. The van der Waals surface area contributed by atoms with Crippen molar-refractivity contribution in [2.75, 3.05) is 13.7 Å². The summed E-state index contributed by atoms with van der Waals surface area (Å²) in [5, 5.41) is 31.3. The summed E-state index contributed by atoms with van der Waals surface area (Å²) in [5.74, 6) is -0.229. The molecule has 1 saturated heterocycles. The first-order valence-corrected chi connectivity index (χ1v) is 12.2. The molecule has 4 rings (SSSR count). The van der Waals surface area contributed by atoms with Gasteiger partial charge in [0, 0.05) is 7.11 Å². The fraction of sp³-hybridized carbons (Fsp3) is 0.375. The Bertz CT molecular complexity index is 1380. The predicted octanol–water partition coefficient (Wildman–Crippen LogP) is 1.43. The first kappa shape index (κ1) is 25.3. The van der Waals surface area contributed by atoms with Gasteiger partial charge in [-0.15, -0.1) is 0 Å². The molecule has 11 heteroatoms. The van der Waals surface area contributed by atoms with Crippen molar-refractivity contribution in [1.29, 1.82) is 0 Å². The number of ether oxygens (including phenoxy) is 2. The molecule has 1 fully saturated rings. The number of rotatable bonds is 6. The molecule has 0 spiro atoms. The molecule has 3 aromatic rings. The summed E-state index contributed by atoms with van der Waals surface area (Å²) >= 11 is 0. The van der Waals surface area contributed by atoms with Gasteiger partial charge in [0.05, 0.1) is 18.1 Å². The van der Waals surface area contributed by atoms with Crippen LogP contribution in [0.25, 0.3) is 11.0 Å². The Kier molecular flexibility index (Phi) is 6.75. The molecule has 3 N–H and O–H groups in total. The van der Waals surface area contributed by atoms with Crippen molar-refractivity contribution < 1.29 is 41.8 Å². The molecule has 5 atom stereocenters. The van der Waals surface area contributed by atoms with Crippen LogP contribution in [0.5, 0.6) is 5.75 Å². The van der Waals surface area contributed by atoms with Gasteiger partial charge in [-0.25, -0.2) is 4.79 Å². The fourth-order valence-corrected chi connectivity index (χ4v) is 5.13. The Morgan fingerprint density at radius 3 is 2.37 bits per heavy atom. The lowest BCUT2D eigenvalue weighted by Gasteiger charge is -2.48. The van der Waals surface area contributed by atoms with Crippen molar-refractivity contribution in [3.8, 4) is 5.75 Å². The maximum atomic E-state index is 12.8. The number of benzene rings is 2. The largest absolute Gasteiger partial charge is 0.422 e. The lowest BCUT2D eigenvalue weighted by Crippen LogP contribution is -2.62. The van der Waals surface area contributed by atoms with E-state index in [1.54, 1.807) is 12.1 Å². The van der Waals surface area contributed by atoms with Crippen LogP contribution in [-0.2, 0) is 19.6 Å². The fourth-order valence-electron chi connectivity index (χ4n) is 4.19. The summed E-state index contributed by atoms with van der Waals surface area (Å²) < 4.78 is 47.2. The second kappa shape index (κ2) is 9.34. The third kappa shape index (κ3) is 4.70. The Morgan fingerprint density at radius 1 is 1.06 bits per heavy atom. The van der Waals surface area contributed by atoms with Gasteiger partial charge < -0.3 is 33.4 Å². The molecule has 10 nitrogen and oxygen atoms in total. The van der Waals surface area contributed by atoms with Crippen molar-refractivity contribution in [3.63, 3.8) is 0 Å². The van der Waals surface area contributed by atoms with Crippen LogP contribution in [0.3, 0.4) is 0 Å². The Morgan fingerprint density at radius 2 is 1.74 bits per heavy atom. The number of aliphatic hydroxyl groups excluding tert-OH is 3. The minimum atomic E-state index is -4.23. The maximum Gasteiger partial charge on any atom is 0.340 e. The predicted molar refractivity (Wildman–Crippen MR) is 124 cm³/mol. The van der Waals surface area contributed by atoms with Crippen molar-refractivity contribution >= 4 is 21.1 Å². The van der Waals surface area contributed by atoms with Gasteiger partial charge in [-0.1, -0.05) is 23.8 Å². The number of hydrogen-bond donors (Lipinski definition) is 3. The summed E-state index contributed by atoms with van der Waals surface area (Å²) in [6.45, 7) is 2.85. The summed E-state index contributed by atoms with van der Waals surface area (Å²) in [6, 6.07) is 11.3. The van der Waals surface area contributed by atoms with E-state index in [1.165, 1.54) is 44.4 Å². The Labute approximate surface area is 201 Å². The Hall–Kier alpha value is -2.80. The van der Waals surface area contributed by atoms with E-state index < -0.39 is 52.4 Å². The highest BCUT2D eigenvalue weighted by molar-refractivity contribution is 7.87. The van der Waals surface area contributed by atoms with Crippen LogP contribution < -0.4 is 9.81 Å². The molecular formula is C24H26O10S. The van der Waals surface area contributed by atoms with Crippen LogP contribution in [-0.4, -0.2) is 61.4 Å². The highest BCUT2D eigenvalue weighted by Gasteiger charge is 2.52. The van der Waals surface area contributed by atoms with E-state index in [0.29, 0.717) is 5.56 Å². The summed E-state index contributed by atoms with van der Waals surface area (Å²) in [4.78, 5) is 12.1. The number of aliphatic hydroxyl groups is 3. The van der Waals surface area contributed by atoms with Crippen LogP contribution in [0.2, 0.25) is 0 Å². The first-order chi connectivity index (χ1) is 16.5. The molecule has 0 aliphatic carbocycles. The van der Waals surface area contributed by atoms with Crippen LogP contribution in [0, 0.1) is 6.92 Å². The molecule has 1 aromatic heterocycles. The number of fused-ring (bicyclic) bond motifs is 1. The second-order valence-corrected chi connectivity index (χ2v) is 10.2. The van der Waals surface area contributed by atoms with E-state index in [2.05, 4.69) is 0 Å². The van der Waals surface area contributed by atoms with E-state index in [0.717, 1.165) is 11.6 Å². The minimum absolute atomic E-state index is 0.0195. The summed E-state index contributed by atoms with van der Waals surface area (Å²) in [7, 11) is -2.90. The number of aryl methyl sites for hydroxylation is 1. The van der Waals surface area contributed by atoms with Crippen LogP contribution in [0.4, 0.5) is 0 Å². The molecule has 1 aliphatic heterocycles. The van der Waals surface area contributed by atoms with E-state index in [4.69, 9.17) is 18.1 Å². The quantitative estimate of drug-likeness (QED) is 0.331. The van der Waals surface area contributed by atoms with Crippen LogP contribution in [0.1, 0.15) is 24.2 Å². The molecule has 188 valence electrons. The SMILES string of the molecule is CO[C@@H]1[C@H](O)[C@@H](O)[C@H](c2ccc3c(OS(=O)(=O)c4ccc(C)cc4)cc(=O)oc3c2)O[C@]1(C)CO. The van der Waals surface area contributed by atoms with Gasteiger partial charge >= 0.3 is 15.7 Å². The molecule has 35 heavy (non-hydrogen) atoms. The van der Waals surface area contributed by atoms with Gasteiger partial charge in [-0.05, 0) is 43.7 Å². The average Bonchev–Trinajstić information content (AvgIpc) is 2.81. The minimum Gasteiger partial charge on any atom is -0.422 e. The molecule has 1 aliphatic rings. The lowest BCUT2D eigenvalue weighted by atomic mass is 9.84. The average molecular weight is 507 g/mol. The Balaban J connectivity index is 1.73. The lowest BCUT2D eigenvalue weighted by molar-refractivity contribution is -0.279. The van der Waals surface area contributed by atoms with Crippen molar-refractivity contribution in [2.24, 2.45) is 0 Å². The molecular weight excluding hydrogens is 480 g/mol. The van der Waals surface area contributed by atoms with Crippen molar-refractivity contribution in [1.82, 2.24) is 0 Å². The summed E-state index contributed by atoms with van der Waals surface area (Å²) in [6.07, 6.45) is -4.91. The van der Waals surface area contributed by atoms with Gasteiger partial charge in [0.1, 0.15) is 40.5 Å². The van der Waals surface area contributed by atoms with E-state index >= 15 is 0 Å². The third-order valence-corrected chi connectivity index (χ3v) is 7.35. The summed E-state index contributed by atoms with van der Waals surface area (Å²) in [5.41, 5.74) is -1.02. The smallest absolute Gasteiger partial charge is 0.340 e. The molecule has 0 saturated carbocycles. The van der Waals surface area contributed by atoms with Crippen molar-refractivity contribution in [2.45, 2.75) is 48.8 Å². The highest BCUT2D eigenvalue weighted by atomic mass is 32.2. The zero-order chi connectivity index (χ0) is 25.5. The normalized spacial score (nSPS) is 27.1. The zero-order valence-electron chi connectivity index (χ0n) is 19.2. The second-order valence-electron chi connectivity index (χ2n) is 8.68.